The lowest BCUT2D eigenvalue weighted by Gasteiger charge is -2.33. The molecule has 0 saturated heterocycles. The largest absolute Gasteiger partial charge is 0.310 e. The molecule has 10 rings (SSSR count). The van der Waals surface area contributed by atoms with Crippen molar-refractivity contribution in [3.63, 3.8) is 0 Å². The average molecular weight is 752 g/mol. The van der Waals surface area contributed by atoms with Gasteiger partial charge in [0.15, 0.2) is 0 Å². The molecule has 0 unspecified atom stereocenters. The fraction of sp³-hybridized carbons (Fsp3) is 0.127. The van der Waals surface area contributed by atoms with Crippen LogP contribution in [0.3, 0.4) is 0 Å². The van der Waals surface area contributed by atoms with Gasteiger partial charge in [-0.2, -0.15) is 0 Å². The van der Waals surface area contributed by atoms with E-state index in [0.717, 1.165) is 5.69 Å². The van der Waals surface area contributed by atoms with Crippen molar-refractivity contribution in [1.82, 2.24) is 0 Å². The zero-order chi connectivity index (χ0) is 38.9. The summed E-state index contributed by atoms with van der Waals surface area (Å²) < 4.78 is 2.68. The first-order chi connectivity index (χ1) is 27.6. The number of anilines is 3. The van der Waals surface area contributed by atoms with Crippen molar-refractivity contribution in [3.05, 3.63) is 199 Å². The van der Waals surface area contributed by atoms with E-state index in [-0.39, 0.29) is 10.8 Å². The third-order valence-corrected chi connectivity index (χ3v) is 13.3. The summed E-state index contributed by atoms with van der Waals surface area (Å²) in [4.78, 5) is 2.48. The first kappa shape index (κ1) is 35.2. The van der Waals surface area contributed by atoms with E-state index in [1.165, 1.54) is 92.7 Å². The predicted molar refractivity (Wildman–Crippen MR) is 247 cm³/mol. The Balaban J connectivity index is 1.08. The molecule has 1 aliphatic carbocycles. The average Bonchev–Trinajstić information content (AvgIpc) is 3.73. The summed E-state index contributed by atoms with van der Waals surface area (Å²) in [6.07, 6.45) is 0. The second-order valence-electron chi connectivity index (χ2n) is 17.0. The van der Waals surface area contributed by atoms with Crippen molar-refractivity contribution in [2.75, 3.05) is 4.90 Å². The number of fused-ring (bicyclic) bond motifs is 6. The summed E-state index contributed by atoms with van der Waals surface area (Å²) in [6, 6.07) is 67.5. The number of benzene rings is 8. The summed E-state index contributed by atoms with van der Waals surface area (Å²) in [5.74, 6) is 0. The Bertz CT molecular complexity index is 2940. The van der Waals surface area contributed by atoms with Gasteiger partial charge in [0.05, 0.1) is 0 Å². The summed E-state index contributed by atoms with van der Waals surface area (Å²) in [5.41, 5.74) is 17.4. The number of hydrogen-bond acceptors (Lipinski definition) is 2. The second kappa shape index (κ2) is 13.5. The highest BCUT2D eigenvalue weighted by molar-refractivity contribution is 7.26. The van der Waals surface area contributed by atoms with Gasteiger partial charge in [-0.1, -0.05) is 174 Å². The normalized spacial score (nSPS) is 13.1. The summed E-state index contributed by atoms with van der Waals surface area (Å²) in [6.45, 7) is 11.7. The highest BCUT2D eigenvalue weighted by Crippen LogP contribution is 2.51. The Morgan fingerprint density at radius 2 is 1.02 bits per heavy atom. The maximum Gasteiger partial charge on any atom is 0.0499 e. The molecule has 2 heteroatoms. The molecule has 0 bridgehead atoms. The van der Waals surface area contributed by atoms with Gasteiger partial charge >= 0.3 is 0 Å². The molecule has 8 aromatic carbocycles. The van der Waals surface area contributed by atoms with Gasteiger partial charge in [-0.15, -0.1) is 11.3 Å². The van der Waals surface area contributed by atoms with Gasteiger partial charge in [0.25, 0.3) is 0 Å². The van der Waals surface area contributed by atoms with Crippen LogP contribution in [0.15, 0.2) is 182 Å². The molecular formula is C55H45NS. The number of thiophene rings is 1. The van der Waals surface area contributed by atoms with E-state index < -0.39 is 0 Å². The SMILES string of the molecule is CC(C)(C)c1cc(-c2ccc(-c3cccc4c3sc3ccccc34)cc2)ccc1N(c1ccc(-c2ccccc2)cc1)c1ccc2c(c1)C(C)(C)c1ccccc1-2. The van der Waals surface area contributed by atoms with Crippen LogP contribution in [0.5, 0.6) is 0 Å². The van der Waals surface area contributed by atoms with E-state index in [2.05, 4.69) is 222 Å². The maximum atomic E-state index is 2.48. The fourth-order valence-electron chi connectivity index (χ4n) is 9.02. The molecule has 1 nitrogen and oxygen atoms in total. The minimum absolute atomic E-state index is 0.101. The quantitative estimate of drug-likeness (QED) is 0.164. The van der Waals surface area contributed by atoms with Gasteiger partial charge in [-0.3, -0.25) is 0 Å². The molecule has 0 saturated carbocycles. The Morgan fingerprint density at radius 3 is 1.81 bits per heavy atom. The van der Waals surface area contributed by atoms with Crippen LogP contribution in [-0.4, -0.2) is 0 Å². The Labute approximate surface area is 340 Å². The molecule has 0 N–H and O–H groups in total. The number of hydrogen-bond donors (Lipinski definition) is 0. The Morgan fingerprint density at radius 1 is 0.439 bits per heavy atom. The molecule has 1 aliphatic rings. The van der Waals surface area contributed by atoms with E-state index in [1.54, 1.807) is 0 Å². The molecule has 9 aromatic rings. The van der Waals surface area contributed by atoms with E-state index in [0.29, 0.717) is 0 Å². The zero-order valence-electron chi connectivity index (χ0n) is 33.2. The minimum Gasteiger partial charge on any atom is -0.310 e. The van der Waals surface area contributed by atoms with Crippen molar-refractivity contribution in [2.45, 2.75) is 45.4 Å². The van der Waals surface area contributed by atoms with Crippen LogP contribution in [0.25, 0.3) is 64.7 Å². The lowest BCUT2D eigenvalue weighted by Crippen LogP contribution is -2.20. The van der Waals surface area contributed by atoms with E-state index in [4.69, 9.17) is 0 Å². The monoisotopic (exact) mass is 751 g/mol. The van der Waals surface area contributed by atoms with Gasteiger partial charge in [0.1, 0.15) is 0 Å². The molecule has 0 radical (unpaired) electrons. The third-order valence-electron chi connectivity index (χ3n) is 12.0. The standard InChI is InChI=1S/C55H45NS/c1-54(2,3)50-34-40(38-22-24-39(25-23-38)43-18-13-19-47-46-17-10-12-21-52(46)57-53(43)47)28-33-51(50)56(41-29-26-37(27-30-41)36-14-7-6-8-15-36)42-31-32-45-44-16-9-11-20-48(44)55(4,5)49(45)35-42/h6-35H,1-5H3. The van der Waals surface area contributed by atoms with Crippen molar-refractivity contribution in [1.29, 1.82) is 0 Å². The second-order valence-corrected chi connectivity index (χ2v) is 18.0. The minimum atomic E-state index is -0.128. The summed E-state index contributed by atoms with van der Waals surface area (Å²) in [7, 11) is 0. The first-order valence-electron chi connectivity index (χ1n) is 20.0. The Kier molecular flexibility index (Phi) is 8.32. The smallest absolute Gasteiger partial charge is 0.0499 e. The summed E-state index contributed by atoms with van der Waals surface area (Å²) in [5, 5.41) is 2.67. The van der Waals surface area contributed by atoms with E-state index in [9.17, 15) is 0 Å². The van der Waals surface area contributed by atoms with Crippen molar-refractivity contribution in [3.8, 4) is 44.5 Å². The van der Waals surface area contributed by atoms with E-state index >= 15 is 0 Å². The summed E-state index contributed by atoms with van der Waals surface area (Å²) >= 11 is 1.89. The fourth-order valence-corrected chi connectivity index (χ4v) is 10.3. The van der Waals surface area contributed by atoms with E-state index in [1.807, 2.05) is 11.3 Å². The highest BCUT2D eigenvalue weighted by atomic mass is 32.1. The van der Waals surface area contributed by atoms with Crippen molar-refractivity contribution >= 4 is 48.6 Å². The molecule has 0 fully saturated rings. The molecule has 0 amide bonds. The van der Waals surface area contributed by atoms with Gasteiger partial charge in [0.2, 0.25) is 0 Å². The molecule has 0 aliphatic heterocycles. The lowest BCUT2D eigenvalue weighted by molar-refractivity contribution is 0.591. The van der Waals surface area contributed by atoms with Gasteiger partial charge < -0.3 is 4.90 Å². The molecule has 0 spiro atoms. The first-order valence-corrected chi connectivity index (χ1v) is 20.8. The van der Waals surface area contributed by atoms with Gasteiger partial charge in [-0.05, 0) is 109 Å². The Hall–Kier alpha value is -6.22. The molecule has 0 atom stereocenters. The van der Waals surface area contributed by atoms with Gasteiger partial charge in [0, 0.05) is 42.6 Å². The highest BCUT2D eigenvalue weighted by Gasteiger charge is 2.36. The van der Waals surface area contributed by atoms with Crippen LogP contribution < -0.4 is 4.90 Å². The predicted octanol–water partition coefficient (Wildman–Crippen LogP) is 16.1. The van der Waals surface area contributed by atoms with Crippen molar-refractivity contribution < 1.29 is 0 Å². The van der Waals surface area contributed by atoms with Gasteiger partial charge in [-0.25, -0.2) is 0 Å². The molecule has 57 heavy (non-hydrogen) atoms. The number of rotatable bonds is 6. The maximum absolute atomic E-state index is 2.48. The lowest BCUT2D eigenvalue weighted by atomic mass is 9.82. The molecular weight excluding hydrogens is 707 g/mol. The molecule has 1 aromatic heterocycles. The van der Waals surface area contributed by atoms with Crippen LogP contribution in [0, 0.1) is 0 Å². The topological polar surface area (TPSA) is 3.24 Å². The number of nitrogens with zero attached hydrogens (tertiary/aromatic N) is 1. The van der Waals surface area contributed by atoms with Crippen LogP contribution >= 0.6 is 11.3 Å². The van der Waals surface area contributed by atoms with Crippen LogP contribution in [-0.2, 0) is 10.8 Å². The van der Waals surface area contributed by atoms with Crippen molar-refractivity contribution in [2.24, 2.45) is 0 Å². The molecule has 276 valence electrons. The van der Waals surface area contributed by atoms with Crippen LogP contribution in [0.1, 0.15) is 51.3 Å². The zero-order valence-corrected chi connectivity index (χ0v) is 34.0. The third kappa shape index (κ3) is 5.99. The van der Waals surface area contributed by atoms with Crippen LogP contribution in [0.4, 0.5) is 17.1 Å². The molecule has 1 heterocycles. The van der Waals surface area contributed by atoms with Crippen LogP contribution in [0.2, 0.25) is 0 Å².